The smallest absolute Gasteiger partial charge is 0.137 e. The van der Waals surface area contributed by atoms with Crippen molar-refractivity contribution in [3.8, 4) is 6.07 Å². The van der Waals surface area contributed by atoms with Gasteiger partial charge in [-0.15, -0.1) is 0 Å². The van der Waals surface area contributed by atoms with Crippen molar-refractivity contribution < 1.29 is 0 Å². The fourth-order valence-electron chi connectivity index (χ4n) is 1.85. The summed E-state index contributed by atoms with van der Waals surface area (Å²) in [6.45, 7) is 2.11. The maximum Gasteiger partial charge on any atom is 0.137 e. The van der Waals surface area contributed by atoms with Gasteiger partial charge in [0, 0.05) is 25.2 Å². The first-order chi connectivity index (χ1) is 9.63. The van der Waals surface area contributed by atoms with Gasteiger partial charge in [0.25, 0.3) is 0 Å². The Morgan fingerprint density at radius 3 is 2.55 bits per heavy atom. The van der Waals surface area contributed by atoms with E-state index in [0.717, 1.165) is 34.8 Å². The third-order valence-corrected chi connectivity index (χ3v) is 3.33. The van der Waals surface area contributed by atoms with Crippen molar-refractivity contribution >= 4 is 27.4 Å². The maximum atomic E-state index is 8.83. The second kappa shape index (κ2) is 6.49. The van der Waals surface area contributed by atoms with E-state index < -0.39 is 0 Å². The van der Waals surface area contributed by atoms with Crippen molar-refractivity contribution in [2.75, 3.05) is 11.9 Å². The van der Waals surface area contributed by atoms with Crippen molar-refractivity contribution in [3.05, 3.63) is 46.3 Å². The van der Waals surface area contributed by atoms with E-state index in [1.54, 1.807) is 12.1 Å². The van der Waals surface area contributed by atoms with E-state index in [9.17, 15) is 0 Å². The Hall–Kier alpha value is -1.93. The normalized spacial score (nSPS) is 10.1. The van der Waals surface area contributed by atoms with Gasteiger partial charge in [0.15, 0.2) is 0 Å². The van der Waals surface area contributed by atoms with E-state index in [1.807, 2.05) is 30.1 Å². The molecule has 1 aromatic heterocycles. The highest BCUT2D eigenvalue weighted by Crippen LogP contribution is 2.24. The zero-order valence-electron chi connectivity index (χ0n) is 11.5. The highest BCUT2D eigenvalue weighted by molar-refractivity contribution is 9.10. The van der Waals surface area contributed by atoms with Crippen LogP contribution in [0.25, 0.3) is 0 Å². The molecule has 0 aliphatic rings. The van der Waals surface area contributed by atoms with Crippen molar-refractivity contribution in [1.29, 1.82) is 5.26 Å². The number of nitriles is 1. The van der Waals surface area contributed by atoms with Gasteiger partial charge in [0.05, 0.1) is 11.6 Å². The van der Waals surface area contributed by atoms with Gasteiger partial charge in [-0.3, -0.25) is 0 Å². The molecule has 0 N–H and O–H groups in total. The summed E-state index contributed by atoms with van der Waals surface area (Å²) in [5.41, 5.74) is 1.63. The van der Waals surface area contributed by atoms with Gasteiger partial charge in [0.1, 0.15) is 16.2 Å². The second-order valence-electron chi connectivity index (χ2n) is 4.43. The van der Waals surface area contributed by atoms with Crippen LogP contribution in [0.15, 0.2) is 34.9 Å². The molecule has 102 valence electrons. The number of benzene rings is 1. The molecule has 0 aliphatic heterocycles. The fourth-order valence-corrected chi connectivity index (χ4v) is 2.26. The van der Waals surface area contributed by atoms with E-state index >= 15 is 0 Å². The summed E-state index contributed by atoms with van der Waals surface area (Å²) in [5.74, 6) is 1.66. The highest BCUT2D eigenvalue weighted by atomic mass is 79.9. The molecule has 2 rings (SSSR count). The first-order valence-electron chi connectivity index (χ1n) is 6.41. The molecular weight excluding hydrogens is 316 g/mol. The van der Waals surface area contributed by atoms with Crippen LogP contribution in [-0.2, 0) is 6.42 Å². The molecule has 2 aromatic rings. The van der Waals surface area contributed by atoms with Crippen LogP contribution in [0.4, 0.5) is 11.5 Å². The molecule has 0 radical (unpaired) electrons. The SMILES string of the molecule is CCCc1nc(Br)cc(N(C)c2ccc(C#N)cc2)n1. The summed E-state index contributed by atoms with van der Waals surface area (Å²) < 4.78 is 0.784. The summed E-state index contributed by atoms with van der Waals surface area (Å²) >= 11 is 3.43. The maximum absolute atomic E-state index is 8.83. The van der Waals surface area contributed by atoms with Crippen LogP contribution in [-0.4, -0.2) is 17.0 Å². The molecule has 20 heavy (non-hydrogen) atoms. The number of anilines is 2. The number of halogens is 1. The van der Waals surface area contributed by atoms with Gasteiger partial charge in [-0.05, 0) is 46.6 Å². The van der Waals surface area contributed by atoms with Gasteiger partial charge in [-0.25, -0.2) is 9.97 Å². The second-order valence-corrected chi connectivity index (χ2v) is 5.25. The van der Waals surface area contributed by atoms with Gasteiger partial charge >= 0.3 is 0 Å². The van der Waals surface area contributed by atoms with E-state index in [1.165, 1.54) is 0 Å². The molecule has 4 nitrogen and oxygen atoms in total. The number of aromatic nitrogens is 2. The first kappa shape index (κ1) is 14.5. The fraction of sp³-hybridized carbons (Fsp3) is 0.267. The average Bonchev–Trinajstić information content (AvgIpc) is 2.46. The Bertz CT molecular complexity index is 631. The summed E-state index contributed by atoms with van der Waals surface area (Å²) in [5, 5.41) is 8.83. The topological polar surface area (TPSA) is 52.8 Å². The monoisotopic (exact) mass is 330 g/mol. The molecule has 0 saturated carbocycles. The molecule has 0 bridgehead atoms. The molecule has 0 spiro atoms. The van der Waals surface area contributed by atoms with E-state index in [2.05, 4.69) is 38.9 Å². The third kappa shape index (κ3) is 3.34. The Kier molecular flexibility index (Phi) is 4.70. The molecule has 0 fully saturated rings. The molecule has 1 heterocycles. The van der Waals surface area contributed by atoms with Crippen LogP contribution in [0.5, 0.6) is 0 Å². The number of rotatable bonds is 4. The van der Waals surface area contributed by atoms with Crippen molar-refractivity contribution in [2.45, 2.75) is 19.8 Å². The molecule has 1 aromatic carbocycles. The van der Waals surface area contributed by atoms with Crippen LogP contribution < -0.4 is 4.90 Å². The molecular formula is C15H15BrN4. The highest BCUT2D eigenvalue weighted by Gasteiger charge is 2.09. The van der Waals surface area contributed by atoms with Crippen molar-refractivity contribution in [3.63, 3.8) is 0 Å². The van der Waals surface area contributed by atoms with Gasteiger partial charge in [-0.1, -0.05) is 6.92 Å². The summed E-state index contributed by atoms with van der Waals surface area (Å²) in [6, 6.07) is 11.4. The number of hydrogen-bond acceptors (Lipinski definition) is 4. The molecule has 0 saturated heterocycles. The van der Waals surface area contributed by atoms with Crippen LogP contribution in [0, 0.1) is 11.3 Å². The van der Waals surface area contributed by atoms with Crippen LogP contribution in [0.1, 0.15) is 24.7 Å². The Labute approximate surface area is 127 Å². The quantitative estimate of drug-likeness (QED) is 0.799. The summed E-state index contributed by atoms with van der Waals surface area (Å²) in [6.07, 6.45) is 1.87. The molecule has 5 heteroatoms. The average molecular weight is 331 g/mol. The third-order valence-electron chi connectivity index (χ3n) is 2.93. The van der Waals surface area contributed by atoms with Crippen molar-refractivity contribution in [1.82, 2.24) is 9.97 Å². The lowest BCUT2D eigenvalue weighted by molar-refractivity contribution is 0.825. The van der Waals surface area contributed by atoms with Crippen LogP contribution >= 0.6 is 15.9 Å². The molecule has 0 atom stereocenters. The van der Waals surface area contributed by atoms with Gasteiger partial charge in [-0.2, -0.15) is 5.26 Å². The minimum atomic E-state index is 0.651. The predicted octanol–water partition coefficient (Wildman–Crippen LogP) is 3.83. The largest absolute Gasteiger partial charge is 0.329 e. The Balaban J connectivity index is 2.31. The molecule has 0 aliphatic carbocycles. The van der Waals surface area contributed by atoms with Crippen molar-refractivity contribution in [2.24, 2.45) is 0 Å². The number of nitrogens with zero attached hydrogens (tertiary/aromatic N) is 4. The Morgan fingerprint density at radius 1 is 1.25 bits per heavy atom. The lowest BCUT2D eigenvalue weighted by Gasteiger charge is -2.19. The van der Waals surface area contributed by atoms with E-state index in [-0.39, 0.29) is 0 Å². The zero-order valence-corrected chi connectivity index (χ0v) is 13.1. The minimum absolute atomic E-state index is 0.651. The number of aryl methyl sites for hydroxylation is 1. The van der Waals surface area contributed by atoms with Gasteiger partial charge in [0.2, 0.25) is 0 Å². The standard InChI is InChI=1S/C15H15BrN4/c1-3-4-14-18-13(16)9-15(19-14)20(2)12-7-5-11(10-17)6-8-12/h5-9H,3-4H2,1-2H3. The van der Waals surface area contributed by atoms with E-state index in [4.69, 9.17) is 5.26 Å². The van der Waals surface area contributed by atoms with Crippen LogP contribution in [0.3, 0.4) is 0 Å². The predicted molar refractivity (Wildman–Crippen MR) is 82.9 cm³/mol. The first-order valence-corrected chi connectivity index (χ1v) is 7.20. The lowest BCUT2D eigenvalue weighted by atomic mass is 10.2. The zero-order chi connectivity index (χ0) is 14.5. The molecule has 0 amide bonds. The Morgan fingerprint density at radius 2 is 1.95 bits per heavy atom. The number of hydrogen-bond donors (Lipinski definition) is 0. The van der Waals surface area contributed by atoms with Gasteiger partial charge < -0.3 is 4.90 Å². The molecule has 0 unspecified atom stereocenters. The minimum Gasteiger partial charge on any atom is -0.329 e. The summed E-state index contributed by atoms with van der Waals surface area (Å²) in [7, 11) is 1.95. The lowest BCUT2D eigenvalue weighted by Crippen LogP contribution is -2.13. The van der Waals surface area contributed by atoms with E-state index in [0.29, 0.717) is 5.56 Å². The van der Waals surface area contributed by atoms with Crippen LogP contribution in [0.2, 0.25) is 0 Å². The summed E-state index contributed by atoms with van der Waals surface area (Å²) in [4.78, 5) is 10.9.